The first-order chi connectivity index (χ1) is 16.5. The molecule has 0 spiro atoms. The highest BCUT2D eigenvalue weighted by Crippen LogP contribution is 2.33. The standard InChI is InChI=1S/C26H28N2O6/c27-25(29)33-13-12-32-22-7-3-6-21(15-22)23-10-11-28(26(30)31)16-24(23)34-17-18-8-9-19-4-1-2-5-20(19)14-18/h1-9,14-15,23-24H,10-13,16-17H2,(H2,27,29)(H,30,31). The quantitative estimate of drug-likeness (QED) is 0.479. The largest absolute Gasteiger partial charge is 0.490 e. The first-order valence-electron chi connectivity index (χ1n) is 11.2. The van der Waals surface area contributed by atoms with E-state index in [0.29, 0.717) is 31.9 Å². The number of hydrogen-bond donors (Lipinski definition) is 2. The molecule has 8 heteroatoms. The van der Waals surface area contributed by atoms with E-state index in [1.54, 1.807) is 0 Å². The molecule has 0 bridgehead atoms. The third-order valence-corrected chi connectivity index (χ3v) is 5.99. The fraction of sp³-hybridized carbons (Fsp3) is 0.308. The van der Waals surface area contributed by atoms with Crippen molar-refractivity contribution in [2.45, 2.75) is 25.0 Å². The summed E-state index contributed by atoms with van der Waals surface area (Å²) in [5.74, 6) is 0.654. The fourth-order valence-electron chi connectivity index (χ4n) is 4.31. The molecular formula is C26H28N2O6. The molecule has 2 amide bonds. The lowest BCUT2D eigenvalue weighted by molar-refractivity contribution is -0.0199. The van der Waals surface area contributed by atoms with E-state index in [9.17, 15) is 14.7 Å². The Morgan fingerprint density at radius 2 is 1.82 bits per heavy atom. The molecule has 4 rings (SSSR count). The average molecular weight is 465 g/mol. The maximum absolute atomic E-state index is 11.6. The van der Waals surface area contributed by atoms with Gasteiger partial charge >= 0.3 is 12.2 Å². The van der Waals surface area contributed by atoms with Crippen molar-refractivity contribution in [1.82, 2.24) is 4.90 Å². The van der Waals surface area contributed by atoms with Gasteiger partial charge < -0.3 is 30.0 Å². The van der Waals surface area contributed by atoms with Crippen LogP contribution in [0.5, 0.6) is 5.75 Å². The molecule has 0 aliphatic carbocycles. The average Bonchev–Trinajstić information content (AvgIpc) is 2.85. The first kappa shape index (κ1) is 23.4. The van der Waals surface area contributed by atoms with Crippen LogP contribution in [-0.4, -0.2) is 54.6 Å². The van der Waals surface area contributed by atoms with Crippen molar-refractivity contribution in [2.75, 3.05) is 26.3 Å². The number of benzene rings is 3. The minimum Gasteiger partial charge on any atom is -0.490 e. The van der Waals surface area contributed by atoms with Crippen molar-refractivity contribution < 1.29 is 28.9 Å². The van der Waals surface area contributed by atoms with Crippen LogP contribution < -0.4 is 10.5 Å². The number of amides is 2. The van der Waals surface area contributed by atoms with Crippen LogP contribution in [0.25, 0.3) is 10.8 Å². The predicted octanol–water partition coefficient (Wildman–Crippen LogP) is 4.37. The van der Waals surface area contributed by atoms with E-state index >= 15 is 0 Å². The second-order valence-electron chi connectivity index (χ2n) is 8.24. The lowest BCUT2D eigenvalue weighted by atomic mass is 9.87. The van der Waals surface area contributed by atoms with E-state index in [2.05, 4.69) is 24.3 Å². The molecule has 2 unspecified atom stereocenters. The third-order valence-electron chi connectivity index (χ3n) is 5.99. The maximum atomic E-state index is 11.6. The molecule has 2 atom stereocenters. The number of hydrogen-bond acceptors (Lipinski definition) is 5. The van der Waals surface area contributed by atoms with Crippen LogP contribution in [0, 0.1) is 0 Å². The van der Waals surface area contributed by atoms with E-state index in [1.165, 1.54) is 4.90 Å². The minimum absolute atomic E-state index is 0.0153. The van der Waals surface area contributed by atoms with E-state index in [-0.39, 0.29) is 25.2 Å². The zero-order chi connectivity index (χ0) is 23.9. The predicted molar refractivity (Wildman–Crippen MR) is 127 cm³/mol. The summed E-state index contributed by atoms with van der Waals surface area (Å²) >= 11 is 0. The Morgan fingerprint density at radius 1 is 1.00 bits per heavy atom. The monoisotopic (exact) mass is 464 g/mol. The molecule has 8 nitrogen and oxygen atoms in total. The number of rotatable bonds is 8. The van der Waals surface area contributed by atoms with Crippen molar-refractivity contribution in [2.24, 2.45) is 5.73 Å². The van der Waals surface area contributed by atoms with Gasteiger partial charge in [-0.15, -0.1) is 0 Å². The Hall–Kier alpha value is -3.78. The topological polar surface area (TPSA) is 111 Å². The molecule has 0 saturated carbocycles. The van der Waals surface area contributed by atoms with Gasteiger partial charge in [0, 0.05) is 12.5 Å². The summed E-state index contributed by atoms with van der Waals surface area (Å²) < 4.78 is 16.7. The van der Waals surface area contributed by atoms with Crippen molar-refractivity contribution in [3.63, 3.8) is 0 Å². The van der Waals surface area contributed by atoms with Crippen LogP contribution in [0.1, 0.15) is 23.5 Å². The third kappa shape index (κ3) is 5.96. The molecule has 3 N–H and O–H groups in total. The molecule has 1 saturated heterocycles. The molecule has 1 fully saturated rings. The minimum atomic E-state index is -0.940. The molecule has 3 aromatic carbocycles. The lowest BCUT2D eigenvalue weighted by Gasteiger charge is -2.37. The van der Waals surface area contributed by atoms with Gasteiger partial charge in [0.2, 0.25) is 0 Å². The van der Waals surface area contributed by atoms with Crippen LogP contribution in [0.4, 0.5) is 9.59 Å². The zero-order valence-electron chi connectivity index (χ0n) is 18.8. The number of carbonyl (C=O) groups is 2. The molecule has 1 aliphatic rings. The Morgan fingerprint density at radius 3 is 2.62 bits per heavy atom. The summed E-state index contributed by atoms with van der Waals surface area (Å²) in [6.45, 7) is 1.37. The molecule has 178 valence electrons. The van der Waals surface area contributed by atoms with Gasteiger partial charge in [0.05, 0.1) is 19.3 Å². The fourth-order valence-corrected chi connectivity index (χ4v) is 4.31. The van der Waals surface area contributed by atoms with Gasteiger partial charge in [0.25, 0.3) is 0 Å². The second kappa shape index (κ2) is 10.9. The van der Waals surface area contributed by atoms with Crippen LogP contribution in [0.2, 0.25) is 0 Å². The number of primary amides is 1. The number of nitrogens with two attached hydrogens (primary N) is 1. The summed E-state index contributed by atoms with van der Waals surface area (Å²) in [6, 6.07) is 22.0. The van der Waals surface area contributed by atoms with Gasteiger partial charge in [-0.25, -0.2) is 9.59 Å². The number of likely N-dealkylation sites (tertiary alicyclic amines) is 1. The Labute approximate surface area is 197 Å². The van der Waals surface area contributed by atoms with Crippen molar-refractivity contribution >= 4 is 23.0 Å². The van der Waals surface area contributed by atoms with E-state index in [4.69, 9.17) is 19.9 Å². The van der Waals surface area contributed by atoms with Gasteiger partial charge in [0.1, 0.15) is 19.0 Å². The van der Waals surface area contributed by atoms with Gasteiger partial charge in [-0.3, -0.25) is 0 Å². The normalized spacial score (nSPS) is 17.9. The Kier molecular flexibility index (Phi) is 7.49. The molecular weight excluding hydrogens is 436 g/mol. The summed E-state index contributed by atoms with van der Waals surface area (Å²) in [4.78, 5) is 23.7. The van der Waals surface area contributed by atoms with Gasteiger partial charge in [-0.05, 0) is 46.5 Å². The van der Waals surface area contributed by atoms with Crippen molar-refractivity contribution in [3.05, 3.63) is 77.9 Å². The van der Waals surface area contributed by atoms with Crippen LogP contribution in [0.15, 0.2) is 66.7 Å². The highest BCUT2D eigenvalue weighted by Gasteiger charge is 2.33. The number of fused-ring (bicyclic) bond motifs is 1. The summed E-state index contributed by atoms with van der Waals surface area (Å²) in [7, 11) is 0. The van der Waals surface area contributed by atoms with Crippen molar-refractivity contribution in [1.29, 1.82) is 0 Å². The highest BCUT2D eigenvalue weighted by molar-refractivity contribution is 5.82. The number of ether oxygens (including phenoxy) is 3. The van der Waals surface area contributed by atoms with E-state index in [1.807, 2.05) is 42.5 Å². The maximum Gasteiger partial charge on any atom is 0.407 e. The lowest BCUT2D eigenvalue weighted by Crippen LogP contribution is -2.46. The number of piperidine rings is 1. The summed E-state index contributed by atoms with van der Waals surface area (Å²) in [5, 5.41) is 11.8. The van der Waals surface area contributed by atoms with E-state index in [0.717, 1.165) is 21.9 Å². The van der Waals surface area contributed by atoms with E-state index < -0.39 is 12.2 Å². The molecule has 0 radical (unpaired) electrons. The molecule has 34 heavy (non-hydrogen) atoms. The zero-order valence-corrected chi connectivity index (χ0v) is 18.8. The molecule has 1 aliphatic heterocycles. The number of nitrogens with zero attached hydrogens (tertiary/aromatic N) is 1. The highest BCUT2D eigenvalue weighted by atomic mass is 16.6. The van der Waals surface area contributed by atoms with Gasteiger partial charge in [-0.2, -0.15) is 0 Å². The van der Waals surface area contributed by atoms with Gasteiger partial charge in [-0.1, -0.05) is 48.5 Å². The second-order valence-corrected chi connectivity index (χ2v) is 8.24. The molecule has 3 aromatic rings. The number of carboxylic acid groups (broad SMARTS) is 1. The Balaban J connectivity index is 1.46. The summed E-state index contributed by atoms with van der Waals surface area (Å²) in [6.07, 6.45) is -1.44. The summed E-state index contributed by atoms with van der Waals surface area (Å²) in [5.41, 5.74) is 7.02. The number of carbonyl (C=O) groups excluding carboxylic acids is 1. The van der Waals surface area contributed by atoms with Gasteiger partial charge in [0.15, 0.2) is 0 Å². The van der Waals surface area contributed by atoms with Crippen LogP contribution >= 0.6 is 0 Å². The first-order valence-corrected chi connectivity index (χ1v) is 11.2. The molecule has 1 heterocycles. The molecule has 0 aromatic heterocycles. The SMILES string of the molecule is NC(=O)OCCOc1cccc(C2CCN(C(=O)O)CC2OCc2ccc3ccccc3c2)c1. The van der Waals surface area contributed by atoms with Crippen molar-refractivity contribution in [3.8, 4) is 5.75 Å². The van der Waals surface area contributed by atoms with Crippen LogP contribution in [0.3, 0.4) is 0 Å². The smallest absolute Gasteiger partial charge is 0.407 e. The van der Waals surface area contributed by atoms with Crippen LogP contribution in [-0.2, 0) is 16.1 Å². The Bertz CT molecular complexity index is 1150.